The van der Waals surface area contributed by atoms with Crippen molar-refractivity contribution >= 4 is 40.0 Å². The Labute approximate surface area is 167 Å². The van der Waals surface area contributed by atoms with E-state index in [9.17, 15) is 21.6 Å². The fraction of sp³-hybridized carbons (Fsp3) is 0.692. The van der Waals surface area contributed by atoms with E-state index >= 15 is 0 Å². The molecule has 0 spiro atoms. The maximum absolute atomic E-state index is 12.5. The van der Waals surface area contributed by atoms with Gasteiger partial charge >= 0.3 is 15.5 Å². The van der Waals surface area contributed by atoms with Crippen molar-refractivity contribution in [1.29, 1.82) is 0 Å². The van der Waals surface area contributed by atoms with Crippen LogP contribution in [-0.4, -0.2) is 61.1 Å². The Morgan fingerprint density at radius 2 is 2.04 bits per heavy atom. The molecule has 1 aliphatic rings. The third-order valence-electron chi connectivity index (χ3n) is 3.99. The summed E-state index contributed by atoms with van der Waals surface area (Å²) in [6, 6.07) is 1.82. The highest BCUT2D eigenvalue weighted by molar-refractivity contribution is 14.0. The van der Waals surface area contributed by atoms with Crippen LogP contribution in [0.15, 0.2) is 17.3 Å². The van der Waals surface area contributed by atoms with Crippen molar-refractivity contribution in [3.63, 3.8) is 0 Å². The second-order valence-corrected chi connectivity index (χ2v) is 7.61. The first kappa shape index (κ1) is 23.0. The van der Waals surface area contributed by atoms with Gasteiger partial charge in [0.15, 0.2) is 5.96 Å². The molecule has 0 aromatic carbocycles. The van der Waals surface area contributed by atoms with E-state index < -0.39 is 15.5 Å². The van der Waals surface area contributed by atoms with Gasteiger partial charge in [-0.05, 0) is 24.8 Å². The van der Waals surface area contributed by atoms with Crippen LogP contribution in [0.1, 0.15) is 18.5 Å². The fourth-order valence-corrected chi connectivity index (χ4v) is 3.51. The van der Waals surface area contributed by atoms with E-state index in [1.807, 2.05) is 6.07 Å². The van der Waals surface area contributed by atoms with Crippen molar-refractivity contribution in [3.05, 3.63) is 18.0 Å². The first-order chi connectivity index (χ1) is 11.7. The topological polar surface area (TPSA) is 102 Å². The van der Waals surface area contributed by atoms with E-state index in [-0.39, 0.29) is 43.0 Å². The first-order valence-corrected chi connectivity index (χ1v) is 9.17. The second kappa shape index (κ2) is 9.73. The normalized spacial score (nSPS) is 17.6. The van der Waals surface area contributed by atoms with Gasteiger partial charge in [-0.3, -0.25) is 10.1 Å². The van der Waals surface area contributed by atoms with Crippen LogP contribution in [-0.2, 0) is 16.6 Å². The molecule has 1 aliphatic heterocycles. The summed E-state index contributed by atoms with van der Waals surface area (Å²) >= 11 is 0. The Kier molecular flexibility index (Phi) is 8.59. The van der Waals surface area contributed by atoms with Gasteiger partial charge in [-0.2, -0.15) is 22.6 Å². The highest BCUT2D eigenvalue weighted by Gasteiger charge is 2.50. The van der Waals surface area contributed by atoms with Crippen LogP contribution in [0, 0.1) is 5.92 Å². The largest absolute Gasteiger partial charge is 0.511 e. The number of aromatic amines is 1. The number of alkyl halides is 3. The van der Waals surface area contributed by atoms with Gasteiger partial charge in [-0.1, -0.05) is 0 Å². The van der Waals surface area contributed by atoms with Gasteiger partial charge in [0.2, 0.25) is 0 Å². The number of H-pyrrole nitrogens is 1. The molecule has 1 aromatic rings. The minimum atomic E-state index is -5.24. The summed E-state index contributed by atoms with van der Waals surface area (Å²) in [5.41, 5.74) is -4.36. The summed E-state index contributed by atoms with van der Waals surface area (Å²) in [4.78, 5) is 4.06. The van der Waals surface area contributed by atoms with Crippen molar-refractivity contribution in [2.75, 3.05) is 26.7 Å². The number of halogens is 4. The molecular formula is C13H22F3IN6O2S. The quantitative estimate of drug-likeness (QED) is 0.315. The number of hydrogen-bond acceptors (Lipinski definition) is 4. The molecule has 0 bridgehead atoms. The SMILES string of the molecule is CN=C(NCc1ccn[nH]1)NCC1CCN(S(=O)(=O)C(F)(F)F)CC1.I. The van der Waals surface area contributed by atoms with Gasteiger partial charge in [-0.15, -0.1) is 24.0 Å². The highest BCUT2D eigenvalue weighted by Crippen LogP contribution is 2.30. The molecular weight excluding hydrogens is 488 g/mol. The average Bonchev–Trinajstić information content (AvgIpc) is 3.08. The summed E-state index contributed by atoms with van der Waals surface area (Å²) in [5.74, 6) is 0.630. The Bertz CT molecular complexity index is 673. The van der Waals surface area contributed by atoms with Gasteiger partial charge in [0.25, 0.3) is 0 Å². The predicted octanol–water partition coefficient (Wildman–Crippen LogP) is 1.25. The van der Waals surface area contributed by atoms with E-state index in [1.165, 1.54) is 0 Å². The maximum atomic E-state index is 12.5. The lowest BCUT2D eigenvalue weighted by Crippen LogP contribution is -2.47. The van der Waals surface area contributed by atoms with Crippen LogP contribution < -0.4 is 10.6 Å². The van der Waals surface area contributed by atoms with Gasteiger partial charge < -0.3 is 10.6 Å². The minimum Gasteiger partial charge on any atom is -0.356 e. The van der Waals surface area contributed by atoms with Gasteiger partial charge in [0.1, 0.15) is 0 Å². The number of hydrogen-bond donors (Lipinski definition) is 3. The van der Waals surface area contributed by atoms with Crippen LogP contribution in [0.5, 0.6) is 0 Å². The van der Waals surface area contributed by atoms with Crippen molar-refractivity contribution < 1.29 is 21.6 Å². The lowest BCUT2D eigenvalue weighted by molar-refractivity contribution is -0.0496. The molecule has 0 unspecified atom stereocenters. The number of piperidine rings is 1. The molecule has 2 heterocycles. The van der Waals surface area contributed by atoms with Crippen molar-refractivity contribution in [3.8, 4) is 0 Å². The Morgan fingerprint density at radius 1 is 1.38 bits per heavy atom. The Morgan fingerprint density at radius 3 is 2.54 bits per heavy atom. The van der Waals surface area contributed by atoms with Crippen LogP contribution in [0.2, 0.25) is 0 Å². The first-order valence-electron chi connectivity index (χ1n) is 7.73. The van der Waals surface area contributed by atoms with E-state index in [0.717, 1.165) is 5.69 Å². The van der Waals surface area contributed by atoms with Gasteiger partial charge in [-0.25, -0.2) is 8.42 Å². The van der Waals surface area contributed by atoms with Crippen molar-refractivity contribution in [2.24, 2.45) is 10.9 Å². The van der Waals surface area contributed by atoms with E-state index in [4.69, 9.17) is 0 Å². The molecule has 150 valence electrons. The number of guanidine groups is 1. The predicted molar refractivity (Wildman–Crippen MR) is 101 cm³/mol. The summed E-state index contributed by atoms with van der Waals surface area (Å²) in [5, 5.41) is 12.8. The maximum Gasteiger partial charge on any atom is 0.511 e. The Hall–Kier alpha value is -1.09. The number of rotatable bonds is 5. The fourth-order valence-electron chi connectivity index (χ4n) is 2.52. The van der Waals surface area contributed by atoms with E-state index in [0.29, 0.717) is 36.2 Å². The number of aliphatic imine (C=N–C) groups is 1. The molecule has 0 atom stereocenters. The number of nitrogens with one attached hydrogen (secondary N) is 3. The molecule has 1 saturated heterocycles. The molecule has 0 aliphatic carbocycles. The van der Waals surface area contributed by atoms with Crippen molar-refractivity contribution in [2.45, 2.75) is 24.9 Å². The molecule has 0 radical (unpaired) electrons. The average molecular weight is 510 g/mol. The zero-order chi connectivity index (χ0) is 18.5. The summed E-state index contributed by atoms with van der Waals surface area (Å²) in [7, 11) is -3.61. The monoisotopic (exact) mass is 510 g/mol. The third-order valence-corrected chi connectivity index (χ3v) is 5.62. The molecule has 8 nitrogen and oxygen atoms in total. The number of nitrogens with zero attached hydrogens (tertiary/aromatic N) is 3. The van der Waals surface area contributed by atoms with Crippen molar-refractivity contribution in [1.82, 2.24) is 25.1 Å². The highest BCUT2D eigenvalue weighted by atomic mass is 127. The van der Waals surface area contributed by atoms with Crippen LogP contribution in [0.3, 0.4) is 0 Å². The molecule has 1 aromatic heterocycles. The molecule has 13 heteroatoms. The third kappa shape index (κ3) is 5.97. The zero-order valence-electron chi connectivity index (χ0n) is 14.1. The molecule has 3 N–H and O–H groups in total. The van der Waals surface area contributed by atoms with Gasteiger partial charge in [0.05, 0.1) is 12.2 Å². The number of sulfonamides is 1. The van der Waals surface area contributed by atoms with Crippen LogP contribution in [0.25, 0.3) is 0 Å². The summed E-state index contributed by atoms with van der Waals surface area (Å²) in [6.07, 6.45) is 2.36. The Balaban J connectivity index is 0.00000338. The number of aromatic nitrogens is 2. The molecule has 0 saturated carbocycles. The summed E-state index contributed by atoms with van der Waals surface area (Å²) < 4.78 is 60.9. The zero-order valence-corrected chi connectivity index (χ0v) is 17.2. The second-order valence-electron chi connectivity index (χ2n) is 5.68. The lowest BCUT2D eigenvalue weighted by Gasteiger charge is -2.31. The van der Waals surface area contributed by atoms with Gasteiger partial charge in [0, 0.05) is 32.9 Å². The summed E-state index contributed by atoms with van der Waals surface area (Å²) in [6.45, 7) is 0.743. The minimum absolute atomic E-state index is 0. The van der Waals surface area contributed by atoms with Crippen LogP contribution >= 0.6 is 24.0 Å². The van der Waals surface area contributed by atoms with Crippen LogP contribution in [0.4, 0.5) is 13.2 Å². The molecule has 26 heavy (non-hydrogen) atoms. The molecule has 2 rings (SSSR count). The smallest absolute Gasteiger partial charge is 0.356 e. The van der Waals surface area contributed by atoms with E-state index in [2.05, 4.69) is 25.8 Å². The molecule has 0 amide bonds. The lowest BCUT2D eigenvalue weighted by atomic mass is 9.98. The van der Waals surface area contributed by atoms with E-state index in [1.54, 1.807) is 13.2 Å². The standard InChI is InChI=1S/C13H21F3N6O2S.HI/c1-17-12(19-9-11-2-5-20-21-11)18-8-10-3-6-22(7-4-10)25(23,24)13(14,15)16;/h2,5,10H,3-4,6-9H2,1H3,(H,20,21)(H2,17,18,19);1H. The molecule has 1 fully saturated rings.